The first-order valence-electron chi connectivity index (χ1n) is 5.26. The van der Waals surface area contributed by atoms with Crippen molar-refractivity contribution < 1.29 is 0 Å². The first kappa shape index (κ1) is 10.8. The Morgan fingerprint density at radius 1 is 1.12 bits per heavy atom. The quantitative estimate of drug-likeness (QED) is 0.831. The second-order valence-electron chi connectivity index (χ2n) is 4.01. The van der Waals surface area contributed by atoms with E-state index in [9.17, 15) is 0 Å². The van der Waals surface area contributed by atoms with Gasteiger partial charge in [-0.15, -0.1) is 0 Å². The van der Waals surface area contributed by atoms with Gasteiger partial charge in [-0.2, -0.15) is 0 Å². The van der Waals surface area contributed by atoms with E-state index in [1.54, 1.807) is 6.20 Å². The minimum atomic E-state index is -0.152. The summed E-state index contributed by atoms with van der Waals surface area (Å²) in [5, 5.41) is 0. The Kier molecular flexibility index (Phi) is 2.97. The van der Waals surface area contributed by atoms with Gasteiger partial charge in [0.05, 0.1) is 6.04 Å². The van der Waals surface area contributed by atoms with Crippen LogP contribution >= 0.6 is 0 Å². The zero-order chi connectivity index (χ0) is 11.5. The first-order chi connectivity index (χ1) is 7.68. The standard InChI is InChI=1S/C13H15N3/c1-9-5-11(7-16-6-9)13(14)12-8-15-4-3-10(12)2/h3-8,13H,14H2,1-2H3. The average molecular weight is 213 g/mol. The lowest BCUT2D eigenvalue weighted by molar-refractivity contribution is 0.843. The number of aryl methyl sites for hydroxylation is 2. The monoisotopic (exact) mass is 213 g/mol. The molecule has 0 amide bonds. The fourth-order valence-electron chi connectivity index (χ4n) is 1.73. The van der Waals surface area contributed by atoms with Crippen LogP contribution in [-0.4, -0.2) is 9.97 Å². The van der Waals surface area contributed by atoms with Crippen LogP contribution in [0.5, 0.6) is 0 Å². The molecule has 3 heteroatoms. The van der Waals surface area contributed by atoms with E-state index in [0.717, 1.165) is 22.3 Å². The second kappa shape index (κ2) is 4.41. The Bertz CT molecular complexity index is 494. The normalized spacial score (nSPS) is 12.4. The Labute approximate surface area is 95.4 Å². The van der Waals surface area contributed by atoms with E-state index < -0.39 is 0 Å². The summed E-state index contributed by atoms with van der Waals surface area (Å²) in [6.07, 6.45) is 7.23. The van der Waals surface area contributed by atoms with Crippen molar-refractivity contribution >= 4 is 0 Å². The summed E-state index contributed by atoms with van der Waals surface area (Å²) in [7, 11) is 0. The Morgan fingerprint density at radius 3 is 2.62 bits per heavy atom. The van der Waals surface area contributed by atoms with E-state index in [-0.39, 0.29) is 6.04 Å². The highest BCUT2D eigenvalue weighted by Crippen LogP contribution is 2.21. The van der Waals surface area contributed by atoms with Crippen molar-refractivity contribution in [2.75, 3.05) is 0 Å². The zero-order valence-electron chi connectivity index (χ0n) is 9.51. The number of aromatic nitrogens is 2. The van der Waals surface area contributed by atoms with Crippen LogP contribution in [0.15, 0.2) is 36.9 Å². The van der Waals surface area contributed by atoms with Gasteiger partial charge in [-0.1, -0.05) is 6.07 Å². The summed E-state index contributed by atoms with van der Waals surface area (Å²) in [4.78, 5) is 8.27. The molecule has 0 aliphatic heterocycles. The predicted octanol–water partition coefficient (Wildman–Crippen LogP) is 2.14. The van der Waals surface area contributed by atoms with Crippen LogP contribution in [-0.2, 0) is 0 Å². The van der Waals surface area contributed by atoms with Crippen LogP contribution in [0.4, 0.5) is 0 Å². The van der Waals surface area contributed by atoms with Gasteiger partial charge in [0.25, 0.3) is 0 Å². The lowest BCUT2D eigenvalue weighted by Gasteiger charge is -2.14. The topological polar surface area (TPSA) is 51.8 Å². The smallest absolute Gasteiger partial charge is 0.0584 e. The highest BCUT2D eigenvalue weighted by molar-refractivity contribution is 5.34. The Morgan fingerprint density at radius 2 is 1.94 bits per heavy atom. The molecule has 82 valence electrons. The molecule has 2 aromatic heterocycles. The molecule has 0 saturated carbocycles. The van der Waals surface area contributed by atoms with E-state index in [0.29, 0.717) is 0 Å². The number of nitrogens with two attached hydrogens (primary N) is 1. The van der Waals surface area contributed by atoms with Crippen LogP contribution in [0.25, 0.3) is 0 Å². The maximum Gasteiger partial charge on any atom is 0.0584 e. The Balaban J connectivity index is 2.39. The van der Waals surface area contributed by atoms with Gasteiger partial charge in [-0.3, -0.25) is 9.97 Å². The SMILES string of the molecule is Cc1cncc(C(N)c2cnccc2C)c1. The maximum atomic E-state index is 6.21. The van der Waals surface area contributed by atoms with Crippen LogP contribution in [0.1, 0.15) is 28.3 Å². The molecule has 0 spiro atoms. The molecule has 0 bridgehead atoms. The van der Waals surface area contributed by atoms with Crippen molar-refractivity contribution in [1.82, 2.24) is 9.97 Å². The number of nitrogens with zero attached hydrogens (tertiary/aromatic N) is 2. The minimum Gasteiger partial charge on any atom is -0.320 e. The summed E-state index contributed by atoms with van der Waals surface area (Å²) in [5.74, 6) is 0. The van der Waals surface area contributed by atoms with Gasteiger partial charge in [0.15, 0.2) is 0 Å². The van der Waals surface area contributed by atoms with Crippen LogP contribution in [0, 0.1) is 13.8 Å². The van der Waals surface area contributed by atoms with E-state index in [4.69, 9.17) is 5.73 Å². The molecule has 0 radical (unpaired) electrons. The van der Waals surface area contributed by atoms with Gasteiger partial charge >= 0.3 is 0 Å². The molecule has 3 nitrogen and oxygen atoms in total. The highest BCUT2D eigenvalue weighted by Gasteiger charge is 2.11. The average Bonchev–Trinajstić information content (AvgIpc) is 2.29. The van der Waals surface area contributed by atoms with Gasteiger partial charge in [0.2, 0.25) is 0 Å². The molecule has 1 atom stereocenters. The summed E-state index contributed by atoms with van der Waals surface area (Å²) < 4.78 is 0. The van der Waals surface area contributed by atoms with Gasteiger partial charge in [-0.05, 0) is 42.2 Å². The van der Waals surface area contributed by atoms with Crippen molar-refractivity contribution in [3.05, 3.63) is 59.2 Å². The lowest BCUT2D eigenvalue weighted by atomic mass is 9.98. The Hall–Kier alpha value is -1.74. The predicted molar refractivity (Wildman–Crippen MR) is 64.0 cm³/mol. The van der Waals surface area contributed by atoms with E-state index in [1.165, 1.54) is 0 Å². The summed E-state index contributed by atoms with van der Waals surface area (Å²) >= 11 is 0. The number of hydrogen-bond donors (Lipinski definition) is 1. The van der Waals surface area contributed by atoms with Crippen molar-refractivity contribution in [3.8, 4) is 0 Å². The van der Waals surface area contributed by atoms with Gasteiger partial charge < -0.3 is 5.73 Å². The molecule has 1 unspecified atom stereocenters. The summed E-state index contributed by atoms with van der Waals surface area (Å²) in [6.45, 7) is 4.05. The van der Waals surface area contributed by atoms with Crippen molar-refractivity contribution in [1.29, 1.82) is 0 Å². The molecule has 2 N–H and O–H groups in total. The van der Waals surface area contributed by atoms with Crippen molar-refractivity contribution in [3.63, 3.8) is 0 Å². The minimum absolute atomic E-state index is 0.152. The first-order valence-corrected chi connectivity index (χ1v) is 5.26. The second-order valence-corrected chi connectivity index (χ2v) is 4.01. The maximum absolute atomic E-state index is 6.21. The van der Waals surface area contributed by atoms with Gasteiger partial charge in [0.1, 0.15) is 0 Å². The third-order valence-corrected chi connectivity index (χ3v) is 2.67. The van der Waals surface area contributed by atoms with Crippen LogP contribution in [0.2, 0.25) is 0 Å². The molecule has 2 heterocycles. The van der Waals surface area contributed by atoms with Gasteiger partial charge in [-0.25, -0.2) is 0 Å². The third-order valence-electron chi connectivity index (χ3n) is 2.67. The molecule has 0 fully saturated rings. The molecule has 0 aliphatic carbocycles. The number of rotatable bonds is 2. The number of hydrogen-bond acceptors (Lipinski definition) is 3. The molecular weight excluding hydrogens is 198 g/mol. The van der Waals surface area contributed by atoms with Gasteiger partial charge in [0, 0.05) is 24.8 Å². The van der Waals surface area contributed by atoms with E-state index >= 15 is 0 Å². The molecule has 0 saturated heterocycles. The molecule has 2 rings (SSSR count). The molecule has 0 aromatic carbocycles. The fraction of sp³-hybridized carbons (Fsp3) is 0.231. The third kappa shape index (κ3) is 2.09. The van der Waals surface area contributed by atoms with Crippen molar-refractivity contribution in [2.45, 2.75) is 19.9 Å². The van der Waals surface area contributed by atoms with Crippen LogP contribution in [0.3, 0.4) is 0 Å². The molecule has 0 aliphatic rings. The molecule has 2 aromatic rings. The van der Waals surface area contributed by atoms with E-state index in [2.05, 4.69) is 16.0 Å². The zero-order valence-corrected chi connectivity index (χ0v) is 9.51. The largest absolute Gasteiger partial charge is 0.320 e. The summed E-state index contributed by atoms with van der Waals surface area (Å²) in [5.41, 5.74) is 10.6. The summed E-state index contributed by atoms with van der Waals surface area (Å²) in [6, 6.07) is 3.88. The molecule has 16 heavy (non-hydrogen) atoms. The number of pyridine rings is 2. The highest BCUT2D eigenvalue weighted by atomic mass is 14.7. The van der Waals surface area contributed by atoms with Crippen molar-refractivity contribution in [2.24, 2.45) is 5.73 Å². The van der Waals surface area contributed by atoms with Crippen LogP contribution < -0.4 is 5.73 Å². The fourth-order valence-corrected chi connectivity index (χ4v) is 1.73. The lowest BCUT2D eigenvalue weighted by Crippen LogP contribution is -2.14. The van der Waals surface area contributed by atoms with E-state index in [1.807, 2.05) is 38.5 Å². The molecular formula is C13H15N3.